The molecule has 1 N–H and O–H groups in total. The minimum atomic E-state index is -0.804. The van der Waals surface area contributed by atoms with Gasteiger partial charge in [0.25, 0.3) is 5.91 Å². The highest BCUT2D eigenvalue weighted by Crippen LogP contribution is 2.52. The SMILES string of the molecule is CC[C@@]1(C(=O)O)C[C@@H]2CC[C@H]1N2C(=O)c1ccc(-c2nnn(C)n2)cc1. The molecular formula is C18H21N5O3. The molecule has 1 aromatic carbocycles. The van der Waals surface area contributed by atoms with Crippen molar-refractivity contribution in [2.45, 2.75) is 44.7 Å². The standard InChI is InChI=1S/C18H21N5O3/c1-3-18(17(25)26)10-13-8-9-14(18)23(13)16(24)12-6-4-11(5-7-12)15-19-21-22(2)20-15/h4-7,13-14H,3,8-10H2,1-2H3,(H,25,26)/t13-,14+,18+/m0/s1. The van der Waals surface area contributed by atoms with Gasteiger partial charge in [-0.25, -0.2) is 0 Å². The van der Waals surface area contributed by atoms with Crippen molar-refractivity contribution in [1.82, 2.24) is 25.1 Å². The summed E-state index contributed by atoms with van der Waals surface area (Å²) >= 11 is 0. The highest BCUT2D eigenvalue weighted by molar-refractivity contribution is 5.96. The van der Waals surface area contributed by atoms with E-state index in [1.807, 2.05) is 11.8 Å². The lowest BCUT2D eigenvalue weighted by Gasteiger charge is -2.32. The average Bonchev–Trinajstić information content (AvgIpc) is 3.34. The molecule has 2 aromatic rings. The number of hydrogen-bond acceptors (Lipinski definition) is 5. The average molecular weight is 355 g/mol. The van der Waals surface area contributed by atoms with Gasteiger partial charge in [0.15, 0.2) is 0 Å². The maximum atomic E-state index is 13.1. The minimum absolute atomic E-state index is 0.0184. The number of carboxylic acids is 1. The lowest BCUT2D eigenvalue weighted by molar-refractivity contribution is -0.151. The third-order valence-electron chi connectivity index (χ3n) is 5.93. The van der Waals surface area contributed by atoms with Gasteiger partial charge in [-0.15, -0.1) is 10.2 Å². The third-order valence-corrected chi connectivity index (χ3v) is 5.93. The Morgan fingerprint density at radius 2 is 2.00 bits per heavy atom. The fourth-order valence-corrected chi connectivity index (χ4v) is 4.56. The number of rotatable bonds is 4. The molecule has 0 aliphatic carbocycles. The van der Waals surface area contributed by atoms with Gasteiger partial charge in [0.05, 0.1) is 12.5 Å². The third kappa shape index (κ3) is 2.32. The van der Waals surface area contributed by atoms with E-state index in [0.29, 0.717) is 24.2 Å². The summed E-state index contributed by atoms with van der Waals surface area (Å²) in [5.41, 5.74) is 0.543. The zero-order chi connectivity index (χ0) is 18.5. The van der Waals surface area contributed by atoms with Crippen LogP contribution in [-0.2, 0) is 11.8 Å². The maximum absolute atomic E-state index is 13.1. The number of aliphatic carboxylic acids is 1. The molecule has 0 unspecified atom stereocenters. The number of nitrogens with zero attached hydrogens (tertiary/aromatic N) is 5. The predicted molar refractivity (Wildman–Crippen MR) is 92.2 cm³/mol. The number of hydrogen-bond donors (Lipinski definition) is 1. The largest absolute Gasteiger partial charge is 0.481 e. The van der Waals surface area contributed by atoms with Crippen molar-refractivity contribution in [3.8, 4) is 11.4 Å². The van der Waals surface area contributed by atoms with Crippen molar-refractivity contribution in [2.75, 3.05) is 0 Å². The van der Waals surface area contributed by atoms with Crippen LogP contribution in [0.2, 0.25) is 0 Å². The zero-order valence-corrected chi connectivity index (χ0v) is 14.8. The number of aryl methyl sites for hydroxylation is 1. The molecule has 4 rings (SSSR count). The molecule has 26 heavy (non-hydrogen) atoms. The van der Waals surface area contributed by atoms with Crippen LogP contribution in [0.1, 0.15) is 43.0 Å². The number of carbonyl (C=O) groups is 2. The molecule has 0 spiro atoms. The van der Waals surface area contributed by atoms with Crippen LogP contribution in [0.25, 0.3) is 11.4 Å². The Hall–Kier alpha value is -2.77. The van der Waals surface area contributed by atoms with Gasteiger partial charge in [-0.05, 0) is 43.0 Å². The van der Waals surface area contributed by atoms with Crippen molar-refractivity contribution in [2.24, 2.45) is 12.5 Å². The van der Waals surface area contributed by atoms with E-state index in [0.717, 1.165) is 18.4 Å². The van der Waals surface area contributed by atoms with Gasteiger partial charge < -0.3 is 10.0 Å². The molecule has 8 nitrogen and oxygen atoms in total. The van der Waals surface area contributed by atoms with E-state index in [4.69, 9.17) is 0 Å². The van der Waals surface area contributed by atoms with Gasteiger partial charge in [-0.3, -0.25) is 9.59 Å². The number of aromatic nitrogens is 4. The highest BCUT2D eigenvalue weighted by Gasteiger charge is 2.60. The fourth-order valence-electron chi connectivity index (χ4n) is 4.56. The van der Waals surface area contributed by atoms with E-state index in [1.54, 1.807) is 31.3 Å². The Labute approximate surface area is 150 Å². The molecule has 3 atom stereocenters. The Morgan fingerprint density at radius 1 is 1.27 bits per heavy atom. The normalized spacial score (nSPS) is 27.1. The second-order valence-corrected chi connectivity index (χ2v) is 7.16. The van der Waals surface area contributed by atoms with E-state index in [2.05, 4.69) is 15.4 Å². The molecular weight excluding hydrogens is 334 g/mol. The molecule has 1 amide bonds. The van der Waals surface area contributed by atoms with Crippen LogP contribution >= 0.6 is 0 Å². The van der Waals surface area contributed by atoms with Crippen LogP contribution in [0.3, 0.4) is 0 Å². The van der Waals surface area contributed by atoms with Crippen molar-refractivity contribution in [1.29, 1.82) is 0 Å². The number of carbonyl (C=O) groups excluding carboxylic acids is 1. The van der Waals surface area contributed by atoms with Crippen molar-refractivity contribution >= 4 is 11.9 Å². The van der Waals surface area contributed by atoms with E-state index in [-0.39, 0.29) is 18.0 Å². The summed E-state index contributed by atoms with van der Waals surface area (Å²) in [5, 5.41) is 21.7. The first-order valence-electron chi connectivity index (χ1n) is 8.87. The second kappa shape index (κ2) is 5.89. The number of fused-ring (bicyclic) bond motifs is 2. The maximum Gasteiger partial charge on any atom is 0.311 e. The summed E-state index contributed by atoms with van der Waals surface area (Å²) < 4.78 is 0. The molecule has 136 valence electrons. The molecule has 8 heteroatoms. The second-order valence-electron chi connectivity index (χ2n) is 7.16. The van der Waals surface area contributed by atoms with Crippen molar-refractivity contribution in [3.63, 3.8) is 0 Å². The molecule has 0 saturated carbocycles. The Morgan fingerprint density at radius 3 is 2.54 bits per heavy atom. The van der Waals surface area contributed by atoms with Gasteiger partial charge >= 0.3 is 5.97 Å². The fraction of sp³-hybridized carbons (Fsp3) is 0.500. The summed E-state index contributed by atoms with van der Waals surface area (Å²) in [6.07, 6.45) is 2.74. The topological polar surface area (TPSA) is 101 Å². The smallest absolute Gasteiger partial charge is 0.311 e. The van der Waals surface area contributed by atoms with Crippen LogP contribution in [0.5, 0.6) is 0 Å². The Kier molecular flexibility index (Phi) is 3.78. The van der Waals surface area contributed by atoms with Crippen LogP contribution in [0.4, 0.5) is 0 Å². The van der Waals surface area contributed by atoms with Crippen molar-refractivity contribution < 1.29 is 14.7 Å². The number of tetrazole rings is 1. The quantitative estimate of drug-likeness (QED) is 0.896. The van der Waals surface area contributed by atoms with Gasteiger partial charge in [-0.1, -0.05) is 19.1 Å². The number of amides is 1. The molecule has 2 saturated heterocycles. The molecule has 2 fully saturated rings. The lowest BCUT2D eigenvalue weighted by Crippen LogP contribution is -2.44. The molecule has 2 aliphatic heterocycles. The van der Waals surface area contributed by atoms with Crippen LogP contribution in [0.15, 0.2) is 24.3 Å². The minimum Gasteiger partial charge on any atom is -0.481 e. The van der Waals surface area contributed by atoms with E-state index < -0.39 is 11.4 Å². The summed E-state index contributed by atoms with van der Waals surface area (Å²) in [6.45, 7) is 1.90. The molecule has 0 radical (unpaired) electrons. The van der Waals surface area contributed by atoms with E-state index in [1.165, 1.54) is 4.80 Å². The summed E-state index contributed by atoms with van der Waals surface area (Å²) in [4.78, 5) is 28.2. The number of benzene rings is 1. The Bertz CT molecular complexity index is 862. The van der Waals surface area contributed by atoms with Gasteiger partial charge in [0.1, 0.15) is 0 Å². The van der Waals surface area contributed by atoms with Crippen molar-refractivity contribution in [3.05, 3.63) is 29.8 Å². The molecule has 1 aromatic heterocycles. The predicted octanol–water partition coefficient (Wildman–Crippen LogP) is 1.73. The van der Waals surface area contributed by atoms with E-state index >= 15 is 0 Å². The van der Waals surface area contributed by atoms with Gasteiger partial charge in [-0.2, -0.15) is 4.80 Å². The zero-order valence-electron chi connectivity index (χ0n) is 14.8. The lowest BCUT2D eigenvalue weighted by atomic mass is 9.72. The van der Waals surface area contributed by atoms with Gasteiger partial charge in [0.2, 0.25) is 5.82 Å². The van der Waals surface area contributed by atoms with E-state index in [9.17, 15) is 14.7 Å². The summed E-state index contributed by atoms with van der Waals surface area (Å²) in [7, 11) is 1.69. The van der Waals surface area contributed by atoms with Crippen LogP contribution in [-0.4, -0.2) is 54.2 Å². The van der Waals surface area contributed by atoms with Crippen LogP contribution < -0.4 is 0 Å². The van der Waals surface area contributed by atoms with Crippen LogP contribution in [0, 0.1) is 5.41 Å². The molecule has 3 heterocycles. The van der Waals surface area contributed by atoms with Gasteiger partial charge in [0, 0.05) is 23.2 Å². The summed E-state index contributed by atoms with van der Waals surface area (Å²) in [5.74, 6) is -0.370. The monoisotopic (exact) mass is 355 g/mol. The summed E-state index contributed by atoms with van der Waals surface area (Å²) in [6, 6.07) is 6.90. The number of carboxylic acid groups (broad SMARTS) is 1. The first-order chi connectivity index (χ1) is 12.5. The molecule has 2 aliphatic rings. The molecule has 2 bridgehead atoms. The first-order valence-corrected chi connectivity index (χ1v) is 8.87. The first kappa shape index (κ1) is 16.7. The highest BCUT2D eigenvalue weighted by atomic mass is 16.4. The Balaban J connectivity index is 1.59.